The van der Waals surface area contributed by atoms with E-state index in [1.807, 2.05) is 0 Å². The Kier molecular flexibility index (Phi) is 4.05. The number of nitrogens with zero attached hydrogens (tertiary/aromatic N) is 3. The van der Waals surface area contributed by atoms with Crippen molar-refractivity contribution in [3.63, 3.8) is 0 Å². The van der Waals surface area contributed by atoms with Gasteiger partial charge in [-0.1, -0.05) is 13.3 Å². The van der Waals surface area contributed by atoms with Gasteiger partial charge >= 0.3 is 0 Å². The fraction of sp³-hybridized carbons (Fsp3) is 0.529. The zero-order valence-electron chi connectivity index (χ0n) is 13.9. The first kappa shape index (κ1) is 15.7. The molecule has 0 spiro atoms. The Hall–Kier alpha value is -1.86. The summed E-state index contributed by atoms with van der Waals surface area (Å²) in [4.78, 5) is 13.5. The van der Waals surface area contributed by atoms with Crippen molar-refractivity contribution < 1.29 is 5.11 Å². The van der Waals surface area contributed by atoms with Gasteiger partial charge in [-0.3, -0.25) is 0 Å². The second-order valence-electron chi connectivity index (χ2n) is 6.47. The van der Waals surface area contributed by atoms with E-state index < -0.39 is 0 Å². The van der Waals surface area contributed by atoms with E-state index >= 15 is 0 Å². The van der Waals surface area contributed by atoms with Crippen LogP contribution < -0.4 is 16.0 Å². The number of thiophene rings is 1. The fourth-order valence-electron chi connectivity index (χ4n) is 3.51. The summed E-state index contributed by atoms with van der Waals surface area (Å²) in [6.07, 6.45) is 3.56. The van der Waals surface area contributed by atoms with Gasteiger partial charge in [0.05, 0.1) is 16.7 Å². The molecular weight excluding hydrogens is 322 g/mol. The van der Waals surface area contributed by atoms with Crippen LogP contribution in [-0.2, 0) is 6.42 Å². The third-order valence-electron chi connectivity index (χ3n) is 4.78. The van der Waals surface area contributed by atoms with Crippen LogP contribution in [0.4, 0.5) is 11.5 Å². The van der Waals surface area contributed by atoms with E-state index in [2.05, 4.69) is 28.2 Å². The zero-order chi connectivity index (χ0) is 16.7. The van der Waals surface area contributed by atoms with Gasteiger partial charge < -0.3 is 21.1 Å². The smallest absolute Gasteiger partial charge is 0.140 e. The third-order valence-corrected chi connectivity index (χ3v) is 5.88. The average molecular weight is 345 g/mol. The molecule has 2 aliphatic heterocycles. The van der Waals surface area contributed by atoms with Crippen molar-refractivity contribution in [1.29, 1.82) is 0 Å². The molecule has 2 aliphatic rings. The Balaban J connectivity index is 1.82. The molecule has 4 heterocycles. The van der Waals surface area contributed by atoms with Gasteiger partial charge in [0.15, 0.2) is 0 Å². The SMILES string of the molecule is CCCc1cc(N2CCC(O)CC2)nc2sc3c(c12)NCN=C3N. The highest BCUT2D eigenvalue weighted by Crippen LogP contribution is 2.40. The van der Waals surface area contributed by atoms with Crippen molar-refractivity contribution in [1.82, 2.24) is 4.98 Å². The lowest BCUT2D eigenvalue weighted by molar-refractivity contribution is 0.145. The van der Waals surface area contributed by atoms with Crippen molar-refractivity contribution in [3.05, 3.63) is 16.5 Å². The molecule has 0 saturated carbocycles. The number of anilines is 2. The van der Waals surface area contributed by atoms with Crippen LogP contribution >= 0.6 is 11.3 Å². The molecule has 1 fully saturated rings. The van der Waals surface area contributed by atoms with Crippen LogP contribution in [0.5, 0.6) is 0 Å². The first-order valence-corrected chi connectivity index (χ1v) is 9.42. The van der Waals surface area contributed by atoms with Gasteiger partial charge in [-0.2, -0.15) is 0 Å². The number of piperidine rings is 1. The lowest BCUT2D eigenvalue weighted by Crippen LogP contribution is -2.36. The standard InChI is InChI=1S/C17H23N5OS/c1-2-3-10-8-12(22-6-4-11(23)5-7-22)21-17-13(10)14-15(24-17)16(18)20-9-19-14/h8,11,19,23H,2-7,9H2,1H3,(H2,18,20). The molecule has 0 aliphatic carbocycles. The van der Waals surface area contributed by atoms with Crippen molar-refractivity contribution in [2.24, 2.45) is 10.7 Å². The molecule has 6 nitrogen and oxygen atoms in total. The van der Waals surface area contributed by atoms with Gasteiger partial charge in [0.2, 0.25) is 0 Å². The number of hydrogen-bond donors (Lipinski definition) is 3. The highest BCUT2D eigenvalue weighted by Gasteiger charge is 2.24. The van der Waals surface area contributed by atoms with Crippen LogP contribution in [0.3, 0.4) is 0 Å². The number of hydrogen-bond acceptors (Lipinski definition) is 7. The molecule has 0 unspecified atom stereocenters. The van der Waals surface area contributed by atoms with Crippen LogP contribution in [0.25, 0.3) is 10.2 Å². The largest absolute Gasteiger partial charge is 0.393 e. The number of aliphatic hydroxyl groups excluding tert-OH is 1. The van der Waals surface area contributed by atoms with Gasteiger partial charge in [-0.15, -0.1) is 11.3 Å². The van der Waals surface area contributed by atoms with Gasteiger partial charge in [-0.25, -0.2) is 9.98 Å². The summed E-state index contributed by atoms with van der Waals surface area (Å²) in [5.74, 6) is 1.63. The predicted molar refractivity (Wildman–Crippen MR) is 100 cm³/mol. The van der Waals surface area contributed by atoms with Crippen molar-refractivity contribution >= 4 is 38.9 Å². The maximum atomic E-state index is 9.74. The minimum atomic E-state index is -0.172. The van der Waals surface area contributed by atoms with Crippen molar-refractivity contribution in [3.8, 4) is 0 Å². The highest BCUT2D eigenvalue weighted by atomic mass is 32.1. The average Bonchev–Trinajstić information content (AvgIpc) is 2.96. The maximum absolute atomic E-state index is 9.74. The molecule has 4 N–H and O–H groups in total. The van der Waals surface area contributed by atoms with Crippen LogP contribution in [0.1, 0.15) is 36.6 Å². The number of aryl methyl sites for hydroxylation is 1. The number of pyridine rings is 1. The number of amidine groups is 1. The molecular formula is C17H23N5OS. The molecule has 128 valence electrons. The number of aliphatic imine (C=N–C) groups is 1. The van der Waals surface area contributed by atoms with Gasteiger partial charge in [-0.05, 0) is 30.9 Å². The molecule has 0 atom stereocenters. The van der Waals surface area contributed by atoms with Crippen LogP contribution in [-0.4, -0.2) is 41.8 Å². The molecule has 2 aromatic heterocycles. The molecule has 0 radical (unpaired) electrons. The summed E-state index contributed by atoms with van der Waals surface area (Å²) in [6.45, 7) is 4.45. The van der Waals surface area contributed by atoms with Crippen LogP contribution in [0.15, 0.2) is 11.1 Å². The predicted octanol–water partition coefficient (Wildman–Crippen LogP) is 2.30. The van der Waals surface area contributed by atoms with Gasteiger partial charge in [0.1, 0.15) is 23.2 Å². The van der Waals surface area contributed by atoms with Crippen molar-refractivity contribution in [2.75, 3.05) is 30.0 Å². The summed E-state index contributed by atoms with van der Waals surface area (Å²) >= 11 is 1.62. The Morgan fingerprint density at radius 2 is 2.21 bits per heavy atom. The maximum Gasteiger partial charge on any atom is 0.140 e. The summed E-state index contributed by atoms with van der Waals surface area (Å²) in [5, 5.41) is 14.3. The first-order chi connectivity index (χ1) is 11.7. The normalized spacial score (nSPS) is 18.4. The third kappa shape index (κ3) is 2.61. The van der Waals surface area contributed by atoms with Gasteiger partial charge in [0, 0.05) is 18.5 Å². The molecule has 7 heteroatoms. The second kappa shape index (κ2) is 6.22. The number of aliphatic hydroxyl groups is 1. The summed E-state index contributed by atoms with van der Waals surface area (Å²) in [6, 6.07) is 2.22. The molecule has 1 saturated heterocycles. The number of nitrogens with two attached hydrogens (primary N) is 1. The monoisotopic (exact) mass is 345 g/mol. The number of aromatic nitrogens is 1. The summed E-state index contributed by atoms with van der Waals surface area (Å²) < 4.78 is 0. The molecule has 0 amide bonds. The van der Waals surface area contributed by atoms with Crippen LogP contribution in [0, 0.1) is 0 Å². The summed E-state index contributed by atoms with van der Waals surface area (Å²) in [7, 11) is 0. The minimum Gasteiger partial charge on any atom is -0.393 e. The second-order valence-corrected chi connectivity index (χ2v) is 7.47. The van der Waals surface area contributed by atoms with Gasteiger partial charge in [0.25, 0.3) is 0 Å². The van der Waals surface area contributed by atoms with E-state index in [4.69, 9.17) is 10.7 Å². The fourth-order valence-corrected chi connectivity index (χ4v) is 4.62. The van der Waals surface area contributed by atoms with E-state index in [-0.39, 0.29) is 6.10 Å². The molecule has 0 aromatic carbocycles. The Bertz CT molecular complexity index is 792. The van der Waals surface area contributed by atoms with E-state index in [9.17, 15) is 5.11 Å². The minimum absolute atomic E-state index is 0.172. The Labute approximate surface area is 145 Å². The molecule has 24 heavy (non-hydrogen) atoms. The number of nitrogens with one attached hydrogen (secondary N) is 1. The van der Waals surface area contributed by atoms with E-state index in [1.165, 1.54) is 10.9 Å². The van der Waals surface area contributed by atoms with E-state index in [0.717, 1.165) is 60.0 Å². The molecule has 2 aromatic rings. The lowest BCUT2D eigenvalue weighted by atomic mass is 10.0. The number of rotatable bonds is 3. The lowest BCUT2D eigenvalue weighted by Gasteiger charge is -2.30. The van der Waals surface area contributed by atoms with Crippen molar-refractivity contribution in [2.45, 2.75) is 38.7 Å². The quantitative estimate of drug-likeness (QED) is 0.794. The summed E-state index contributed by atoms with van der Waals surface area (Å²) in [5.41, 5.74) is 8.50. The number of fused-ring (bicyclic) bond motifs is 3. The first-order valence-electron chi connectivity index (χ1n) is 8.61. The highest BCUT2D eigenvalue weighted by molar-refractivity contribution is 7.21. The van der Waals surface area contributed by atoms with E-state index in [1.54, 1.807) is 11.3 Å². The molecule has 4 rings (SSSR count). The van der Waals surface area contributed by atoms with Crippen LogP contribution in [0.2, 0.25) is 0 Å². The topological polar surface area (TPSA) is 86.8 Å². The van der Waals surface area contributed by atoms with E-state index in [0.29, 0.717) is 12.5 Å². The Morgan fingerprint density at radius 1 is 1.42 bits per heavy atom. The Morgan fingerprint density at radius 3 is 2.96 bits per heavy atom. The zero-order valence-corrected chi connectivity index (χ0v) is 14.7. The molecule has 0 bridgehead atoms.